The van der Waals surface area contributed by atoms with E-state index >= 15 is 0 Å². The molecule has 0 aliphatic rings. The van der Waals surface area contributed by atoms with Crippen molar-refractivity contribution >= 4 is 16.9 Å². The zero-order valence-electron chi connectivity index (χ0n) is 8.95. The molecule has 16 heavy (non-hydrogen) atoms. The first-order valence-electron chi connectivity index (χ1n) is 5.18. The largest absolute Gasteiger partial charge is 0.543 e. The Kier molecular flexibility index (Phi) is 2.81. The molecule has 0 saturated carbocycles. The molecule has 1 aromatic carbocycles. The summed E-state index contributed by atoms with van der Waals surface area (Å²) >= 11 is 0. The standard InChI is InChI=1S/C12H13NO3/c1-2-6-16-11-5-3-4-9-8(11)7-10(13-9)12(14)15/h3-5,7,13H,2,6H2,1H3,(H,14,15)/p-1. The first kappa shape index (κ1) is 10.5. The van der Waals surface area contributed by atoms with Gasteiger partial charge in [0.25, 0.3) is 0 Å². The summed E-state index contributed by atoms with van der Waals surface area (Å²) in [5.74, 6) is -0.513. The van der Waals surface area contributed by atoms with Crippen LogP contribution in [0, 0.1) is 0 Å². The molecule has 0 amide bonds. The monoisotopic (exact) mass is 218 g/mol. The van der Waals surface area contributed by atoms with E-state index < -0.39 is 5.97 Å². The van der Waals surface area contributed by atoms with Gasteiger partial charge in [-0.2, -0.15) is 0 Å². The van der Waals surface area contributed by atoms with Crippen LogP contribution < -0.4 is 9.84 Å². The van der Waals surface area contributed by atoms with Gasteiger partial charge in [0.2, 0.25) is 0 Å². The zero-order valence-corrected chi connectivity index (χ0v) is 8.95. The molecule has 0 atom stereocenters. The van der Waals surface area contributed by atoms with Gasteiger partial charge in [0.1, 0.15) is 5.75 Å². The van der Waals surface area contributed by atoms with Crippen molar-refractivity contribution in [3.8, 4) is 5.75 Å². The van der Waals surface area contributed by atoms with E-state index in [9.17, 15) is 9.90 Å². The smallest absolute Gasteiger partial charge is 0.128 e. The van der Waals surface area contributed by atoms with Crippen molar-refractivity contribution in [1.82, 2.24) is 4.98 Å². The number of ether oxygens (including phenoxy) is 1. The number of H-pyrrole nitrogens is 1. The average molecular weight is 218 g/mol. The van der Waals surface area contributed by atoms with Gasteiger partial charge in [-0.1, -0.05) is 13.0 Å². The van der Waals surface area contributed by atoms with E-state index in [1.54, 1.807) is 6.07 Å². The quantitative estimate of drug-likeness (QED) is 0.841. The summed E-state index contributed by atoms with van der Waals surface area (Å²) in [6.45, 7) is 2.63. The molecule has 1 aromatic heterocycles. The number of carboxylic acids is 1. The molecule has 0 unspecified atom stereocenters. The van der Waals surface area contributed by atoms with Crippen LogP contribution >= 0.6 is 0 Å². The minimum Gasteiger partial charge on any atom is -0.543 e. The average Bonchev–Trinajstić information content (AvgIpc) is 2.70. The highest BCUT2D eigenvalue weighted by Gasteiger charge is 2.06. The van der Waals surface area contributed by atoms with Gasteiger partial charge in [-0.15, -0.1) is 0 Å². The van der Waals surface area contributed by atoms with E-state index in [1.807, 2.05) is 19.1 Å². The molecule has 1 N–H and O–H groups in total. The number of aromatic nitrogens is 1. The van der Waals surface area contributed by atoms with Crippen LogP contribution in [0.3, 0.4) is 0 Å². The van der Waals surface area contributed by atoms with Gasteiger partial charge >= 0.3 is 0 Å². The second-order valence-electron chi connectivity index (χ2n) is 3.54. The van der Waals surface area contributed by atoms with Crippen LogP contribution in [0.2, 0.25) is 0 Å². The molecule has 0 saturated heterocycles. The fourth-order valence-corrected chi connectivity index (χ4v) is 1.58. The van der Waals surface area contributed by atoms with Gasteiger partial charge < -0.3 is 19.6 Å². The van der Waals surface area contributed by atoms with Crippen molar-refractivity contribution in [3.63, 3.8) is 0 Å². The first-order valence-corrected chi connectivity index (χ1v) is 5.18. The number of carbonyl (C=O) groups is 1. The SMILES string of the molecule is CCCOc1cccc2[nH]c(C(=O)[O-])cc12. The van der Waals surface area contributed by atoms with Crippen molar-refractivity contribution in [3.05, 3.63) is 30.0 Å². The topological polar surface area (TPSA) is 65.2 Å². The van der Waals surface area contributed by atoms with E-state index in [2.05, 4.69) is 4.98 Å². The van der Waals surface area contributed by atoms with Crippen molar-refractivity contribution in [2.45, 2.75) is 13.3 Å². The molecule has 0 aliphatic carbocycles. The lowest BCUT2D eigenvalue weighted by Crippen LogP contribution is -2.22. The minimum atomic E-state index is -1.21. The van der Waals surface area contributed by atoms with Crippen LogP contribution in [-0.4, -0.2) is 17.6 Å². The number of hydrogen-bond acceptors (Lipinski definition) is 3. The summed E-state index contributed by atoms with van der Waals surface area (Å²) in [5, 5.41) is 11.5. The predicted octanol–water partition coefficient (Wildman–Crippen LogP) is 1.32. The Labute approximate surface area is 92.9 Å². The van der Waals surface area contributed by atoms with Crippen LogP contribution in [0.25, 0.3) is 10.9 Å². The summed E-state index contributed by atoms with van der Waals surface area (Å²) in [6.07, 6.45) is 0.911. The number of hydrogen-bond donors (Lipinski definition) is 1. The second kappa shape index (κ2) is 4.26. The number of aromatic carboxylic acids is 1. The van der Waals surface area contributed by atoms with Gasteiger partial charge in [-0.25, -0.2) is 0 Å². The number of carbonyl (C=O) groups excluding carboxylic acids is 1. The van der Waals surface area contributed by atoms with Gasteiger partial charge in [0.05, 0.1) is 18.3 Å². The predicted molar refractivity (Wildman–Crippen MR) is 58.4 cm³/mol. The van der Waals surface area contributed by atoms with Crippen LogP contribution in [0.15, 0.2) is 24.3 Å². The highest BCUT2D eigenvalue weighted by atomic mass is 16.5. The fourth-order valence-electron chi connectivity index (χ4n) is 1.58. The summed E-state index contributed by atoms with van der Waals surface area (Å²) in [6, 6.07) is 6.99. The Bertz CT molecular complexity index is 516. The lowest BCUT2D eigenvalue weighted by atomic mass is 10.2. The first-order chi connectivity index (χ1) is 7.72. The number of nitrogens with one attached hydrogen (secondary N) is 1. The summed E-state index contributed by atoms with van der Waals surface area (Å²) in [7, 11) is 0. The third-order valence-electron chi connectivity index (χ3n) is 2.31. The molecule has 0 aliphatic heterocycles. The zero-order chi connectivity index (χ0) is 11.5. The number of carboxylic acid groups (broad SMARTS) is 1. The van der Waals surface area contributed by atoms with Gasteiger partial charge in [0, 0.05) is 10.9 Å². The van der Waals surface area contributed by atoms with E-state index in [0.717, 1.165) is 17.3 Å². The van der Waals surface area contributed by atoms with Crippen molar-refractivity contribution in [2.75, 3.05) is 6.61 Å². The van der Waals surface area contributed by atoms with Crippen LogP contribution in [-0.2, 0) is 0 Å². The molecule has 4 heteroatoms. The Hall–Kier alpha value is -1.97. The Morgan fingerprint density at radius 3 is 3.00 bits per heavy atom. The summed E-state index contributed by atoms with van der Waals surface area (Å²) in [4.78, 5) is 13.5. The minimum absolute atomic E-state index is 0.0718. The van der Waals surface area contributed by atoms with E-state index in [-0.39, 0.29) is 5.69 Å². The highest BCUT2D eigenvalue weighted by Crippen LogP contribution is 2.26. The van der Waals surface area contributed by atoms with Crippen LogP contribution in [0.1, 0.15) is 23.8 Å². The Balaban J connectivity index is 2.45. The number of aromatic amines is 1. The number of rotatable bonds is 4. The van der Waals surface area contributed by atoms with Gasteiger partial charge in [-0.3, -0.25) is 0 Å². The molecule has 84 valence electrons. The molecule has 0 bridgehead atoms. The third-order valence-corrected chi connectivity index (χ3v) is 2.31. The maximum Gasteiger partial charge on any atom is 0.128 e. The Morgan fingerprint density at radius 2 is 2.31 bits per heavy atom. The normalized spacial score (nSPS) is 10.6. The lowest BCUT2D eigenvalue weighted by Gasteiger charge is -2.04. The Morgan fingerprint density at radius 1 is 1.50 bits per heavy atom. The van der Waals surface area contributed by atoms with E-state index in [1.165, 1.54) is 6.07 Å². The van der Waals surface area contributed by atoms with Crippen molar-refractivity contribution in [1.29, 1.82) is 0 Å². The van der Waals surface area contributed by atoms with Gasteiger partial charge in [0.15, 0.2) is 0 Å². The second-order valence-corrected chi connectivity index (χ2v) is 3.54. The summed E-state index contributed by atoms with van der Waals surface area (Å²) < 4.78 is 5.53. The third kappa shape index (κ3) is 1.86. The van der Waals surface area contributed by atoms with E-state index in [4.69, 9.17) is 4.74 Å². The molecule has 2 aromatic rings. The van der Waals surface area contributed by atoms with Crippen molar-refractivity contribution in [2.24, 2.45) is 0 Å². The summed E-state index contributed by atoms with van der Waals surface area (Å²) in [5.41, 5.74) is 0.815. The molecule has 4 nitrogen and oxygen atoms in total. The van der Waals surface area contributed by atoms with Gasteiger partial charge in [-0.05, 0) is 24.6 Å². The maximum atomic E-state index is 10.7. The van der Waals surface area contributed by atoms with Crippen LogP contribution in [0.5, 0.6) is 5.75 Å². The molecule has 0 radical (unpaired) electrons. The van der Waals surface area contributed by atoms with Crippen LogP contribution in [0.4, 0.5) is 0 Å². The number of fused-ring (bicyclic) bond motifs is 1. The molecule has 0 spiro atoms. The molecule has 1 heterocycles. The number of benzene rings is 1. The molecular formula is C12H12NO3-. The molecule has 2 rings (SSSR count). The van der Waals surface area contributed by atoms with E-state index in [0.29, 0.717) is 12.4 Å². The molecule has 0 fully saturated rings. The van der Waals surface area contributed by atoms with Crippen molar-refractivity contribution < 1.29 is 14.6 Å². The maximum absolute atomic E-state index is 10.7. The fraction of sp³-hybridized carbons (Fsp3) is 0.250. The molecular weight excluding hydrogens is 206 g/mol. The lowest BCUT2D eigenvalue weighted by molar-refractivity contribution is -0.255. The highest BCUT2D eigenvalue weighted by molar-refractivity contribution is 5.95.